The highest BCUT2D eigenvalue weighted by atomic mass is 32.2. The van der Waals surface area contributed by atoms with Crippen LogP contribution in [0.2, 0.25) is 0 Å². The molecule has 0 radical (unpaired) electrons. The summed E-state index contributed by atoms with van der Waals surface area (Å²) in [5.74, 6) is 0.259. The van der Waals surface area contributed by atoms with Gasteiger partial charge in [0.05, 0.1) is 11.3 Å². The van der Waals surface area contributed by atoms with E-state index in [0.29, 0.717) is 5.56 Å². The van der Waals surface area contributed by atoms with Crippen molar-refractivity contribution < 1.29 is 9.90 Å². The zero-order valence-corrected chi connectivity index (χ0v) is 14.8. The normalized spacial score (nSPS) is 14.9. The van der Waals surface area contributed by atoms with Crippen LogP contribution in [0.3, 0.4) is 0 Å². The first-order valence-corrected chi connectivity index (χ1v) is 9.03. The third kappa shape index (κ3) is 3.65. The Kier molecular flexibility index (Phi) is 4.95. The summed E-state index contributed by atoms with van der Waals surface area (Å²) in [6.07, 6.45) is 3.30. The van der Waals surface area contributed by atoms with Gasteiger partial charge >= 0.3 is 5.97 Å². The number of rotatable bonds is 3. The average molecular weight is 339 g/mol. The standard InChI is InChI=1S/C20H21NO2S/c1-14(12-15-4-6-16(7-5-15)20(22)23)17-8-9-18-19(13-17)24-11-3-10-21(18)2/h4-9,12-13H,3,10-11H2,1-2H3,(H,22,23)/b14-12+. The van der Waals surface area contributed by atoms with Gasteiger partial charge in [-0.15, -0.1) is 11.8 Å². The van der Waals surface area contributed by atoms with Crippen molar-refractivity contribution in [1.29, 1.82) is 0 Å². The van der Waals surface area contributed by atoms with Gasteiger partial charge in [-0.2, -0.15) is 0 Å². The quantitative estimate of drug-likeness (QED) is 0.809. The SMILES string of the molecule is C/C(=C\c1ccc(C(=O)O)cc1)c1ccc2c(c1)SCCCN2C. The predicted octanol–water partition coefficient (Wildman–Crippen LogP) is 4.88. The van der Waals surface area contributed by atoms with Crippen LogP contribution < -0.4 is 4.90 Å². The number of thioether (sulfide) groups is 1. The summed E-state index contributed by atoms with van der Waals surface area (Å²) in [6.45, 7) is 3.20. The van der Waals surface area contributed by atoms with E-state index in [9.17, 15) is 4.79 Å². The lowest BCUT2D eigenvalue weighted by molar-refractivity contribution is 0.0697. The molecule has 24 heavy (non-hydrogen) atoms. The van der Waals surface area contributed by atoms with Gasteiger partial charge in [0.15, 0.2) is 0 Å². The molecule has 3 nitrogen and oxygen atoms in total. The second kappa shape index (κ2) is 7.14. The fraction of sp³-hybridized carbons (Fsp3) is 0.250. The van der Waals surface area contributed by atoms with Crippen molar-refractivity contribution in [3.05, 3.63) is 59.2 Å². The van der Waals surface area contributed by atoms with Crippen molar-refractivity contribution in [1.82, 2.24) is 0 Å². The summed E-state index contributed by atoms with van der Waals surface area (Å²) in [5, 5.41) is 8.97. The number of carbonyl (C=O) groups is 1. The molecule has 0 amide bonds. The number of allylic oxidation sites excluding steroid dienone is 1. The fourth-order valence-electron chi connectivity index (χ4n) is 2.85. The molecule has 2 aromatic rings. The van der Waals surface area contributed by atoms with Gasteiger partial charge in [-0.3, -0.25) is 0 Å². The van der Waals surface area contributed by atoms with Gasteiger partial charge in [-0.25, -0.2) is 4.79 Å². The van der Waals surface area contributed by atoms with Crippen LogP contribution in [-0.4, -0.2) is 30.4 Å². The fourth-order valence-corrected chi connectivity index (χ4v) is 3.93. The summed E-state index contributed by atoms with van der Waals surface area (Å²) in [4.78, 5) is 14.6. The first-order valence-electron chi connectivity index (χ1n) is 8.04. The second-order valence-corrected chi connectivity index (χ2v) is 7.20. The van der Waals surface area contributed by atoms with E-state index in [4.69, 9.17) is 5.11 Å². The Morgan fingerprint density at radius 3 is 2.58 bits per heavy atom. The van der Waals surface area contributed by atoms with Gasteiger partial charge in [0.25, 0.3) is 0 Å². The first-order chi connectivity index (χ1) is 11.5. The molecule has 2 aromatic carbocycles. The molecular weight excluding hydrogens is 318 g/mol. The van der Waals surface area contributed by atoms with Crippen LogP contribution >= 0.6 is 11.8 Å². The molecule has 3 rings (SSSR count). The number of aromatic carboxylic acids is 1. The number of hydrogen-bond donors (Lipinski definition) is 1. The zero-order chi connectivity index (χ0) is 17.1. The molecule has 1 N–H and O–H groups in total. The predicted molar refractivity (Wildman–Crippen MR) is 102 cm³/mol. The molecule has 4 heteroatoms. The highest BCUT2D eigenvalue weighted by molar-refractivity contribution is 7.99. The van der Waals surface area contributed by atoms with Gasteiger partial charge in [0.2, 0.25) is 0 Å². The Bertz CT molecular complexity index is 781. The maximum Gasteiger partial charge on any atom is 0.335 e. The van der Waals surface area contributed by atoms with Crippen LogP contribution in [-0.2, 0) is 0 Å². The van der Waals surface area contributed by atoms with Crippen molar-refractivity contribution in [2.24, 2.45) is 0 Å². The third-order valence-corrected chi connectivity index (χ3v) is 5.39. The first kappa shape index (κ1) is 16.7. The number of carboxylic acid groups (broad SMARTS) is 1. The van der Waals surface area contributed by atoms with E-state index in [0.717, 1.165) is 17.9 Å². The molecule has 0 bridgehead atoms. The van der Waals surface area contributed by atoms with E-state index in [-0.39, 0.29) is 0 Å². The summed E-state index contributed by atoms with van der Waals surface area (Å²) in [5.41, 5.74) is 5.01. The molecule has 0 aliphatic carbocycles. The number of benzene rings is 2. The average Bonchev–Trinajstić information content (AvgIpc) is 2.76. The minimum absolute atomic E-state index is 0.314. The molecule has 0 unspecified atom stereocenters. The van der Waals surface area contributed by atoms with Crippen LogP contribution in [0, 0.1) is 0 Å². The number of nitrogens with zero attached hydrogens (tertiary/aromatic N) is 1. The molecule has 1 aliphatic heterocycles. The summed E-state index contributed by atoms with van der Waals surface area (Å²) >= 11 is 1.92. The van der Waals surface area contributed by atoms with Crippen molar-refractivity contribution in [2.75, 3.05) is 24.2 Å². The van der Waals surface area contributed by atoms with Gasteiger partial charge in [0, 0.05) is 18.5 Å². The van der Waals surface area contributed by atoms with Gasteiger partial charge in [-0.05, 0) is 60.1 Å². The number of hydrogen-bond acceptors (Lipinski definition) is 3. The van der Waals surface area contributed by atoms with E-state index >= 15 is 0 Å². The molecule has 1 aliphatic rings. The lowest BCUT2D eigenvalue weighted by Crippen LogP contribution is -2.17. The molecule has 0 atom stereocenters. The summed E-state index contributed by atoms with van der Waals surface area (Å²) in [7, 11) is 2.15. The highest BCUT2D eigenvalue weighted by Gasteiger charge is 2.13. The molecular formula is C20H21NO2S. The largest absolute Gasteiger partial charge is 0.478 e. The number of fused-ring (bicyclic) bond motifs is 1. The summed E-state index contributed by atoms with van der Waals surface area (Å²) in [6, 6.07) is 13.6. The lowest BCUT2D eigenvalue weighted by atomic mass is 10.0. The van der Waals surface area contributed by atoms with E-state index in [1.54, 1.807) is 12.1 Å². The monoisotopic (exact) mass is 339 g/mol. The Morgan fingerprint density at radius 2 is 1.88 bits per heavy atom. The summed E-state index contributed by atoms with van der Waals surface area (Å²) < 4.78 is 0. The van der Waals surface area contributed by atoms with E-state index in [2.05, 4.69) is 43.1 Å². The number of carboxylic acids is 1. The smallest absolute Gasteiger partial charge is 0.335 e. The highest BCUT2D eigenvalue weighted by Crippen LogP contribution is 2.35. The molecule has 124 valence electrons. The van der Waals surface area contributed by atoms with Crippen LogP contribution in [0.4, 0.5) is 5.69 Å². The molecule has 0 spiro atoms. The van der Waals surface area contributed by atoms with Crippen LogP contribution in [0.15, 0.2) is 47.4 Å². The lowest BCUT2D eigenvalue weighted by Gasteiger charge is -2.19. The Balaban J connectivity index is 1.88. The van der Waals surface area contributed by atoms with Crippen molar-refractivity contribution in [3.63, 3.8) is 0 Å². The molecule has 1 heterocycles. The number of anilines is 1. The minimum Gasteiger partial charge on any atom is -0.478 e. The minimum atomic E-state index is -0.894. The Morgan fingerprint density at radius 1 is 1.17 bits per heavy atom. The molecule has 0 saturated heterocycles. The molecule has 0 aromatic heterocycles. The van der Waals surface area contributed by atoms with Crippen molar-refractivity contribution >= 4 is 35.1 Å². The van der Waals surface area contributed by atoms with Gasteiger partial charge in [0.1, 0.15) is 0 Å². The Labute approximate surface area is 147 Å². The third-order valence-electron chi connectivity index (χ3n) is 4.26. The maximum absolute atomic E-state index is 10.9. The molecule has 0 fully saturated rings. The van der Waals surface area contributed by atoms with Crippen molar-refractivity contribution in [3.8, 4) is 0 Å². The van der Waals surface area contributed by atoms with E-state index in [1.807, 2.05) is 23.9 Å². The second-order valence-electron chi connectivity index (χ2n) is 6.06. The maximum atomic E-state index is 10.9. The van der Waals surface area contributed by atoms with Gasteiger partial charge in [-0.1, -0.05) is 24.3 Å². The molecule has 0 saturated carbocycles. The van der Waals surface area contributed by atoms with Crippen molar-refractivity contribution in [2.45, 2.75) is 18.2 Å². The topological polar surface area (TPSA) is 40.5 Å². The van der Waals surface area contributed by atoms with Crippen LogP contribution in [0.5, 0.6) is 0 Å². The van der Waals surface area contributed by atoms with E-state index in [1.165, 1.54) is 28.1 Å². The van der Waals surface area contributed by atoms with Gasteiger partial charge < -0.3 is 10.0 Å². The van der Waals surface area contributed by atoms with Crippen LogP contribution in [0.1, 0.15) is 34.8 Å². The van der Waals surface area contributed by atoms with E-state index < -0.39 is 5.97 Å². The van der Waals surface area contributed by atoms with Crippen LogP contribution in [0.25, 0.3) is 11.6 Å². The Hall–Kier alpha value is -2.20. The zero-order valence-electron chi connectivity index (χ0n) is 14.0.